The van der Waals surface area contributed by atoms with Crippen LogP contribution in [0.15, 0.2) is 48.5 Å². The average Bonchev–Trinajstić information content (AvgIpc) is 3.01. The van der Waals surface area contributed by atoms with Crippen molar-refractivity contribution >= 4 is 5.91 Å². The molecule has 4 heteroatoms. The van der Waals surface area contributed by atoms with E-state index in [0.717, 1.165) is 60.4 Å². The number of unbranched alkanes of at least 4 members (excludes halogenated alkanes) is 2. The number of aryl methyl sites for hydroxylation is 1. The van der Waals surface area contributed by atoms with Gasteiger partial charge in [0.15, 0.2) is 0 Å². The van der Waals surface area contributed by atoms with Crippen LogP contribution in [0.2, 0.25) is 0 Å². The predicted octanol–water partition coefficient (Wildman–Crippen LogP) is 5.66. The monoisotopic (exact) mass is 404 g/mol. The van der Waals surface area contributed by atoms with Crippen LogP contribution in [0, 0.1) is 13.8 Å². The first-order valence-electron chi connectivity index (χ1n) is 10.7. The molecular weight excluding hydrogens is 372 g/mol. The highest BCUT2D eigenvalue weighted by molar-refractivity contribution is 6.02. The van der Waals surface area contributed by atoms with Gasteiger partial charge in [-0.1, -0.05) is 56.2 Å². The Bertz CT molecular complexity index is 1020. The molecule has 158 valence electrons. The molecule has 1 aromatic heterocycles. The van der Waals surface area contributed by atoms with Gasteiger partial charge in [-0.3, -0.25) is 4.79 Å². The molecule has 0 aliphatic carbocycles. The lowest BCUT2D eigenvalue weighted by Gasteiger charge is -2.14. The zero-order chi connectivity index (χ0) is 21.7. The maximum absolute atomic E-state index is 12.6. The van der Waals surface area contributed by atoms with Crippen LogP contribution in [-0.4, -0.2) is 17.6 Å². The second-order valence-corrected chi connectivity index (χ2v) is 7.86. The van der Waals surface area contributed by atoms with Gasteiger partial charge in [-0.25, -0.2) is 0 Å². The average molecular weight is 405 g/mol. The van der Waals surface area contributed by atoms with Gasteiger partial charge in [-0.05, 0) is 55.5 Å². The summed E-state index contributed by atoms with van der Waals surface area (Å²) >= 11 is 0. The Labute approximate surface area is 179 Å². The second-order valence-electron chi connectivity index (χ2n) is 7.86. The fraction of sp³-hybridized carbons (Fsp3) is 0.346. The van der Waals surface area contributed by atoms with Gasteiger partial charge in [0.05, 0.1) is 12.7 Å². The maximum Gasteiger partial charge on any atom is 0.251 e. The predicted molar refractivity (Wildman–Crippen MR) is 123 cm³/mol. The highest BCUT2D eigenvalue weighted by Crippen LogP contribution is 2.36. The summed E-state index contributed by atoms with van der Waals surface area (Å²) in [6.45, 7) is 6.96. The summed E-state index contributed by atoms with van der Waals surface area (Å²) in [4.78, 5) is 12.6. The first-order valence-corrected chi connectivity index (χ1v) is 10.7. The molecule has 1 heterocycles. The van der Waals surface area contributed by atoms with Crippen molar-refractivity contribution < 1.29 is 9.53 Å². The van der Waals surface area contributed by atoms with E-state index in [9.17, 15) is 4.79 Å². The molecule has 2 aromatic carbocycles. The number of nitrogens with zero attached hydrogens (tertiary/aromatic N) is 1. The van der Waals surface area contributed by atoms with Crippen molar-refractivity contribution in [1.29, 1.82) is 0 Å². The number of carbonyl (C=O) groups is 1. The van der Waals surface area contributed by atoms with Crippen LogP contribution in [0.3, 0.4) is 0 Å². The molecule has 0 unspecified atom stereocenters. The smallest absolute Gasteiger partial charge is 0.251 e. The van der Waals surface area contributed by atoms with Gasteiger partial charge in [0.1, 0.15) is 5.75 Å². The minimum absolute atomic E-state index is 0.375. The van der Waals surface area contributed by atoms with Crippen LogP contribution in [0.25, 0.3) is 11.1 Å². The maximum atomic E-state index is 12.6. The third-order valence-electron chi connectivity index (χ3n) is 5.76. The molecule has 0 aliphatic heterocycles. The third kappa shape index (κ3) is 4.43. The molecule has 0 saturated carbocycles. The summed E-state index contributed by atoms with van der Waals surface area (Å²) in [6, 6.07) is 16.5. The van der Waals surface area contributed by atoms with E-state index in [-0.39, 0.29) is 5.91 Å². The normalized spacial score (nSPS) is 10.9. The molecule has 0 bridgehead atoms. The van der Waals surface area contributed by atoms with Crippen LogP contribution in [0.4, 0.5) is 0 Å². The van der Waals surface area contributed by atoms with E-state index in [1.54, 1.807) is 7.11 Å². The van der Waals surface area contributed by atoms with E-state index < -0.39 is 0 Å². The molecule has 1 amide bonds. The first-order chi connectivity index (χ1) is 14.5. The Balaban J connectivity index is 2.21. The van der Waals surface area contributed by atoms with E-state index >= 15 is 0 Å². The summed E-state index contributed by atoms with van der Waals surface area (Å²) in [6.07, 6.45) is 4.30. The zero-order valence-corrected chi connectivity index (χ0v) is 18.5. The summed E-state index contributed by atoms with van der Waals surface area (Å²) in [7, 11) is 1.67. The number of aromatic nitrogens is 1. The molecule has 3 aromatic rings. The van der Waals surface area contributed by atoms with E-state index in [0.29, 0.717) is 5.56 Å². The van der Waals surface area contributed by atoms with Gasteiger partial charge in [0.2, 0.25) is 0 Å². The Kier molecular flexibility index (Phi) is 6.99. The molecule has 3 rings (SSSR count). The summed E-state index contributed by atoms with van der Waals surface area (Å²) in [5, 5.41) is 0. The van der Waals surface area contributed by atoms with E-state index in [1.165, 1.54) is 11.3 Å². The van der Waals surface area contributed by atoms with Crippen molar-refractivity contribution in [1.82, 2.24) is 4.57 Å². The number of hydrogen-bond acceptors (Lipinski definition) is 2. The largest absolute Gasteiger partial charge is 0.496 e. The zero-order valence-electron chi connectivity index (χ0n) is 18.5. The first kappa shape index (κ1) is 21.7. The minimum Gasteiger partial charge on any atom is -0.496 e. The molecule has 0 fully saturated rings. The van der Waals surface area contributed by atoms with Gasteiger partial charge in [-0.2, -0.15) is 0 Å². The second kappa shape index (κ2) is 9.66. The van der Waals surface area contributed by atoms with Crippen LogP contribution in [0.5, 0.6) is 5.75 Å². The molecule has 0 spiro atoms. The van der Waals surface area contributed by atoms with Crippen molar-refractivity contribution in [3.63, 3.8) is 0 Å². The van der Waals surface area contributed by atoms with Crippen LogP contribution >= 0.6 is 0 Å². The number of benzene rings is 2. The number of methoxy groups -OCH3 is 1. The van der Waals surface area contributed by atoms with Gasteiger partial charge < -0.3 is 15.0 Å². The lowest BCUT2D eigenvalue weighted by Crippen LogP contribution is -2.13. The highest BCUT2D eigenvalue weighted by atomic mass is 16.5. The number of amides is 1. The minimum atomic E-state index is -0.375. The standard InChI is InChI=1S/C26H32N2O2/c1-5-6-8-13-22-25(21-14-15-23(30-4)18(2)16-21)24(26(27)29)19(3)28(22)17-20-11-9-7-10-12-20/h7,9-12,14-16H,5-6,8,13,17H2,1-4H3,(H2,27,29). The van der Waals surface area contributed by atoms with Crippen molar-refractivity contribution in [3.05, 3.63) is 76.6 Å². The van der Waals surface area contributed by atoms with Gasteiger partial charge in [-0.15, -0.1) is 0 Å². The summed E-state index contributed by atoms with van der Waals surface area (Å²) in [5.41, 5.74) is 12.9. The van der Waals surface area contributed by atoms with Crippen LogP contribution < -0.4 is 10.5 Å². The molecule has 0 atom stereocenters. The number of nitrogens with two attached hydrogens (primary N) is 1. The van der Waals surface area contributed by atoms with Crippen molar-refractivity contribution in [2.45, 2.75) is 53.0 Å². The van der Waals surface area contributed by atoms with Crippen LogP contribution in [-0.2, 0) is 13.0 Å². The SMILES string of the molecule is CCCCCc1c(-c2ccc(OC)c(C)c2)c(C(N)=O)c(C)n1Cc1ccccc1. The fourth-order valence-corrected chi connectivity index (χ4v) is 4.23. The molecular formula is C26H32N2O2. The topological polar surface area (TPSA) is 57.2 Å². The molecule has 2 N–H and O–H groups in total. The number of primary amides is 1. The van der Waals surface area contributed by atoms with Crippen molar-refractivity contribution in [3.8, 4) is 16.9 Å². The van der Waals surface area contributed by atoms with E-state index in [2.05, 4.69) is 29.7 Å². The molecule has 0 saturated heterocycles. The fourth-order valence-electron chi connectivity index (χ4n) is 4.23. The molecule has 30 heavy (non-hydrogen) atoms. The summed E-state index contributed by atoms with van der Waals surface area (Å²) < 4.78 is 7.71. The Morgan fingerprint density at radius 2 is 1.80 bits per heavy atom. The van der Waals surface area contributed by atoms with Gasteiger partial charge in [0, 0.05) is 23.5 Å². The number of carbonyl (C=O) groups excluding carboxylic acids is 1. The molecule has 0 aliphatic rings. The third-order valence-corrected chi connectivity index (χ3v) is 5.76. The highest BCUT2D eigenvalue weighted by Gasteiger charge is 2.25. The molecule has 4 nitrogen and oxygen atoms in total. The number of hydrogen-bond donors (Lipinski definition) is 1. The lowest BCUT2D eigenvalue weighted by atomic mass is 9.96. The van der Waals surface area contributed by atoms with E-state index in [1.807, 2.05) is 44.2 Å². The Morgan fingerprint density at radius 1 is 1.07 bits per heavy atom. The van der Waals surface area contributed by atoms with Crippen molar-refractivity contribution in [2.24, 2.45) is 5.73 Å². The number of ether oxygens (including phenoxy) is 1. The summed E-state index contributed by atoms with van der Waals surface area (Å²) in [5.74, 6) is 0.465. The Morgan fingerprint density at radius 3 is 2.40 bits per heavy atom. The quantitative estimate of drug-likeness (QED) is 0.468. The van der Waals surface area contributed by atoms with E-state index in [4.69, 9.17) is 10.5 Å². The lowest BCUT2D eigenvalue weighted by molar-refractivity contribution is 0.1000. The van der Waals surface area contributed by atoms with Crippen molar-refractivity contribution in [2.75, 3.05) is 7.11 Å². The van der Waals surface area contributed by atoms with Gasteiger partial charge in [0.25, 0.3) is 5.91 Å². The van der Waals surface area contributed by atoms with Gasteiger partial charge >= 0.3 is 0 Å². The molecule has 0 radical (unpaired) electrons. The number of rotatable bonds is 9. The van der Waals surface area contributed by atoms with Crippen LogP contribution in [0.1, 0.15) is 59.1 Å². The Hall–Kier alpha value is -3.01.